The van der Waals surface area contributed by atoms with E-state index in [0.717, 1.165) is 5.75 Å². The van der Waals surface area contributed by atoms with E-state index in [0.29, 0.717) is 0 Å². The zero-order chi connectivity index (χ0) is 10.5. The van der Waals surface area contributed by atoms with Gasteiger partial charge in [-0.1, -0.05) is 17.8 Å². The Morgan fingerprint density at radius 2 is 2.20 bits per heavy atom. The molecule has 2 nitrogen and oxygen atoms in total. The van der Waals surface area contributed by atoms with Gasteiger partial charge in [0.1, 0.15) is 7.05 Å². The Morgan fingerprint density at radius 3 is 2.93 bits per heavy atom. The van der Waals surface area contributed by atoms with E-state index in [1.807, 2.05) is 30.1 Å². The van der Waals surface area contributed by atoms with Crippen molar-refractivity contribution < 1.29 is 4.57 Å². The minimum Gasteiger partial charge on any atom is -0.264 e. The van der Waals surface area contributed by atoms with Crippen molar-refractivity contribution in [3.63, 3.8) is 0 Å². The molecule has 0 saturated heterocycles. The highest BCUT2D eigenvalue weighted by molar-refractivity contribution is 7.98. The van der Waals surface area contributed by atoms with Crippen LogP contribution in [0.1, 0.15) is 5.56 Å². The van der Waals surface area contributed by atoms with E-state index in [9.17, 15) is 0 Å². The molecular weight excluding hydrogens is 204 g/mol. The summed E-state index contributed by atoms with van der Waals surface area (Å²) >= 11 is 1.82. The van der Waals surface area contributed by atoms with Gasteiger partial charge < -0.3 is 0 Å². The van der Waals surface area contributed by atoms with Crippen LogP contribution in [0.25, 0.3) is 0 Å². The van der Waals surface area contributed by atoms with E-state index in [-0.39, 0.29) is 0 Å². The third-order valence-corrected chi connectivity index (χ3v) is 3.31. The highest BCUT2D eigenvalue weighted by atomic mass is 32.2. The lowest BCUT2D eigenvalue weighted by Crippen LogP contribution is -2.29. The summed E-state index contributed by atoms with van der Waals surface area (Å²) in [6.45, 7) is 0. The standard InChI is InChI=1S/C12H13N2S/c1-14-8-3-2-6-12(14)15-10-11-5-4-7-13-9-11/h2-9H,10H2,1H3/q+1. The van der Waals surface area contributed by atoms with Crippen molar-refractivity contribution >= 4 is 11.8 Å². The van der Waals surface area contributed by atoms with Gasteiger partial charge in [-0.2, -0.15) is 4.57 Å². The van der Waals surface area contributed by atoms with Crippen LogP contribution in [0.3, 0.4) is 0 Å². The molecule has 0 unspecified atom stereocenters. The molecule has 0 N–H and O–H groups in total. The van der Waals surface area contributed by atoms with Gasteiger partial charge in [-0.3, -0.25) is 4.98 Å². The first kappa shape index (κ1) is 10.2. The van der Waals surface area contributed by atoms with Gasteiger partial charge in [-0.25, -0.2) is 0 Å². The normalized spacial score (nSPS) is 10.2. The average Bonchev–Trinajstić information content (AvgIpc) is 2.29. The van der Waals surface area contributed by atoms with Crippen molar-refractivity contribution in [2.45, 2.75) is 10.8 Å². The van der Waals surface area contributed by atoms with Crippen molar-refractivity contribution in [3.8, 4) is 0 Å². The third kappa shape index (κ3) is 2.80. The Kier molecular flexibility index (Phi) is 3.35. The Morgan fingerprint density at radius 1 is 1.27 bits per heavy atom. The number of thioether (sulfide) groups is 1. The van der Waals surface area contributed by atoms with Crippen LogP contribution in [0, 0.1) is 0 Å². The number of nitrogens with zero attached hydrogens (tertiary/aromatic N) is 2. The Balaban J connectivity index is 2.03. The molecule has 2 heterocycles. The lowest BCUT2D eigenvalue weighted by molar-refractivity contribution is -0.708. The number of aromatic nitrogens is 2. The minimum absolute atomic E-state index is 0.964. The first-order chi connectivity index (χ1) is 7.36. The summed E-state index contributed by atoms with van der Waals surface area (Å²) in [6, 6.07) is 10.3. The number of aryl methyl sites for hydroxylation is 1. The SMILES string of the molecule is C[n+]1ccccc1SCc1cccnc1. The first-order valence-corrected chi connectivity index (χ1v) is 5.81. The number of pyridine rings is 2. The zero-order valence-electron chi connectivity index (χ0n) is 8.63. The van der Waals surface area contributed by atoms with E-state index >= 15 is 0 Å². The van der Waals surface area contributed by atoms with Gasteiger partial charge in [-0.15, -0.1) is 0 Å². The van der Waals surface area contributed by atoms with Crippen LogP contribution in [0.5, 0.6) is 0 Å². The second kappa shape index (κ2) is 4.94. The Labute approximate surface area is 94.0 Å². The van der Waals surface area contributed by atoms with E-state index in [4.69, 9.17) is 0 Å². The lowest BCUT2D eigenvalue weighted by Gasteiger charge is -1.99. The van der Waals surface area contributed by atoms with Gasteiger partial charge in [-0.05, 0) is 17.7 Å². The van der Waals surface area contributed by atoms with Crippen molar-refractivity contribution in [2.24, 2.45) is 7.05 Å². The maximum atomic E-state index is 4.10. The van der Waals surface area contributed by atoms with Gasteiger partial charge in [0.15, 0.2) is 6.20 Å². The zero-order valence-corrected chi connectivity index (χ0v) is 9.45. The fourth-order valence-electron chi connectivity index (χ4n) is 1.30. The molecule has 15 heavy (non-hydrogen) atoms. The largest absolute Gasteiger partial charge is 0.264 e. The van der Waals surface area contributed by atoms with Gasteiger partial charge in [0.05, 0.1) is 0 Å². The molecule has 0 atom stereocenters. The van der Waals surface area contributed by atoms with E-state index in [1.54, 1.807) is 6.20 Å². The second-order valence-corrected chi connectivity index (χ2v) is 4.30. The molecule has 0 aromatic carbocycles. The van der Waals surface area contributed by atoms with Gasteiger partial charge in [0, 0.05) is 30.3 Å². The molecule has 76 valence electrons. The fraction of sp³-hybridized carbons (Fsp3) is 0.167. The molecule has 0 saturated carbocycles. The van der Waals surface area contributed by atoms with E-state index < -0.39 is 0 Å². The summed E-state index contributed by atoms with van der Waals surface area (Å²) in [7, 11) is 2.06. The van der Waals surface area contributed by atoms with Crippen LogP contribution >= 0.6 is 11.8 Å². The van der Waals surface area contributed by atoms with Crippen LogP contribution in [0.2, 0.25) is 0 Å². The summed E-state index contributed by atoms with van der Waals surface area (Å²) in [5, 5.41) is 1.27. The predicted octanol–water partition coefficient (Wildman–Crippen LogP) is 2.20. The Hall–Kier alpha value is -1.35. The third-order valence-electron chi connectivity index (χ3n) is 2.12. The molecule has 2 rings (SSSR count). The number of hydrogen-bond donors (Lipinski definition) is 0. The van der Waals surface area contributed by atoms with Crippen molar-refractivity contribution in [1.29, 1.82) is 0 Å². The molecule has 0 bridgehead atoms. The number of hydrogen-bond acceptors (Lipinski definition) is 2. The molecule has 2 aromatic rings. The predicted molar refractivity (Wildman–Crippen MR) is 61.4 cm³/mol. The smallest absolute Gasteiger partial charge is 0.240 e. The maximum absolute atomic E-state index is 4.10. The topological polar surface area (TPSA) is 16.8 Å². The summed E-state index contributed by atoms with van der Waals surface area (Å²) in [5.74, 6) is 0.964. The molecule has 0 spiro atoms. The van der Waals surface area contributed by atoms with Gasteiger partial charge in [0.2, 0.25) is 5.03 Å². The molecule has 0 aliphatic heterocycles. The van der Waals surface area contributed by atoms with Gasteiger partial charge >= 0.3 is 0 Å². The average molecular weight is 217 g/mol. The van der Waals surface area contributed by atoms with Crippen molar-refractivity contribution in [2.75, 3.05) is 0 Å². The highest BCUT2D eigenvalue weighted by Crippen LogP contribution is 2.17. The highest BCUT2D eigenvalue weighted by Gasteiger charge is 2.05. The minimum atomic E-state index is 0.964. The van der Waals surface area contributed by atoms with E-state index in [1.165, 1.54) is 10.6 Å². The van der Waals surface area contributed by atoms with Gasteiger partial charge in [0.25, 0.3) is 0 Å². The molecule has 0 aliphatic rings. The first-order valence-electron chi connectivity index (χ1n) is 4.82. The summed E-state index contributed by atoms with van der Waals surface area (Å²) in [6.07, 6.45) is 5.78. The summed E-state index contributed by atoms with van der Waals surface area (Å²) in [4.78, 5) is 4.10. The van der Waals surface area contributed by atoms with E-state index in [2.05, 4.69) is 41.0 Å². The molecule has 0 aliphatic carbocycles. The number of rotatable bonds is 3. The summed E-state index contributed by atoms with van der Waals surface area (Å²) < 4.78 is 2.13. The molecule has 2 aromatic heterocycles. The molecule has 3 heteroatoms. The summed E-state index contributed by atoms with van der Waals surface area (Å²) in [5.41, 5.74) is 1.26. The molecule has 0 fully saturated rings. The second-order valence-electron chi connectivity index (χ2n) is 3.30. The van der Waals surface area contributed by atoms with Crippen molar-refractivity contribution in [1.82, 2.24) is 4.98 Å². The fourth-order valence-corrected chi connectivity index (χ4v) is 2.22. The van der Waals surface area contributed by atoms with Crippen LogP contribution in [0.15, 0.2) is 53.9 Å². The molecular formula is C12H13N2S+. The monoisotopic (exact) mass is 217 g/mol. The lowest BCUT2D eigenvalue weighted by atomic mass is 10.3. The van der Waals surface area contributed by atoms with Crippen LogP contribution < -0.4 is 4.57 Å². The Bertz CT molecular complexity index is 429. The van der Waals surface area contributed by atoms with Crippen LogP contribution in [-0.2, 0) is 12.8 Å². The van der Waals surface area contributed by atoms with Crippen molar-refractivity contribution in [3.05, 3.63) is 54.5 Å². The quantitative estimate of drug-likeness (QED) is 0.579. The molecule has 0 amide bonds. The van der Waals surface area contributed by atoms with Crippen LogP contribution in [0.4, 0.5) is 0 Å². The molecule has 0 radical (unpaired) electrons. The van der Waals surface area contributed by atoms with Crippen LogP contribution in [-0.4, -0.2) is 4.98 Å². The maximum Gasteiger partial charge on any atom is 0.240 e.